The fraction of sp³-hybridized carbons (Fsp3) is 0.684. The van der Waals surface area contributed by atoms with Gasteiger partial charge >= 0.3 is 0 Å². The van der Waals surface area contributed by atoms with Crippen LogP contribution in [-0.2, 0) is 6.42 Å². The first kappa shape index (κ1) is 16.5. The zero-order valence-corrected chi connectivity index (χ0v) is 13.9. The molecule has 2 heteroatoms. The van der Waals surface area contributed by atoms with Crippen molar-refractivity contribution in [1.29, 1.82) is 0 Å². The Labute approximate surface area is 130 Å². The standard InChI is InChI=1S/C19H32N2/c1-3-5-9-17(4-2)16-21-13-12-20-15-19(21)14-18-10-7-6-8-11-18/h6-8,10-11,17,19-20H,3-5,9,12-16H2,1-2H3. The molecule has 0 bridgehead atoms. The molecule has 1 aromatic rings. The third-order valence-electron chi connectivity index (χ3n) is 4.82. The lowest BCUT2D eigenvalue weighted by molar-refractivity contribution is 0.131. The van der Waals surface area contributed by atoms with Crippen molar-refractivity contribution in [1.82, 2.24) is 10.2 Å². The van der Waals surface area contributed by atoms with E-state index in [0.29, 0.717) is 6.04 Å². The van der Waals surface area contributed by atoms with E-state index in [0.717, 1.165) is 19.0 Å². The number of rotatable bonds is 8. The third kappa shape index (κ3) is 5.44. The van der Waals surface area contributed by atoms with Gasteiger partial charge in [-0.3, -0.25) is 4.90 Å². The van der Waals surface area contributed by atoms with Crippen LogP contribution in [0, 0.1) is 5.92 Å². The van der Waals surface area contributed by atoms with Crippen molar-refractivity contribution >= 4 is 0 Å². The van der Waals surface area contributed by atoms with E-state index in [2.05, 4.69) is 54.4 Å². The smallest absolute Gasteiger partial charge is 0.0261 e. The van der Waals surface area contributed by atoms with E-state index >= 15 is 0 Å². The van der Waals surface area contributed by atoms with Crippen molar-refractivity contribution in [3.63, 3.8) is 0 Å². The Morgan fingerprint density at radius 1 is 1.24 bits per heavy atom. The van der Waals surface area contributed by atoms with E-state index in [1.165, 1.54) is 50.8 Å². The summed E-state index contributed by atoms with van der Waals surface area (Å²) in [6.45, 7) is 9.44. The van der Waals surface area contributed by atoms with Gasteiger partial charge in [-0.2, -0.15) is 0 Å². The molecule has 2 nitrogen and oxygen atoms in total. The molecule has 0 aliphatic carbocycles. The molecule has 1 saturated heterocycles. The van der Waals surface area contributed by atoms with Gasteiger partial charge in [0.05, 0.1) is 0 Å². The molecule has 2 rings (SSSR count). The van der Waals surface area contributed by atoms with Crippen molar-refractivity contribution in [3.05, 3.63) is 35.9 Å². The first-order chi connectivity index (χ1) is 10.3. The van der Waals surface area contributed by atoms with Crippen LogP contribution >= 0.6 is 0 Å². The second-order valence-electron chi connectivity index (χ2n) is 6.46. The van der Waals surface area contributed by atoms with Crippen molar-refractivity contribution in [2.24, 2.45) is 5.92 Å². The van der Waals surface area contributed by atoms with Crippen LogP contribution in [0.25, 0.3) is 0 Å². The molecule has 2 atom stereocenters. The largest absolute Gasteiger partial charge is 0.314 e. The van der Waals surface area contributed by atoms with E-state index in [-0.39, 0.29) is 0 Å². The molecule has 21 heavy (non-hydrogen) atoms. The van der Waals surface area contributed by atoms with Crippen LogP contribution in [0.2, 0.25) is 0 Å². The summed E-state index contributed by atoms with van der Waals surface area (Å²) in [5, 5.41) is 3.58. The number of hydrogen-bond acceptors (Lipinski definition) is 2. The van der Waals surface area contributed by atoms with Crippen LogP contribution in [-0.4, -0.2) is 37.1 Å². The molecule has 0 aromatic heterocycles. The Bertz CT molecular complexity index is 376. The van der Waals surface area contributed by atoms with Crippen LogP contribution in [0.4, 0.5) is 0 Å². The van der Waals surface area contributed by atoms with Crippen LogP contribution in [0.1, 0.15) is 45.1 Å². The quantitative estimate of drug-likeness (QED) is 0.784. The molecule has 1 aliphatic rings. The summed E-state index contributed by atoms with van der Waals surface area (Å²) in [5.41, 5.74) is 1.47. The highest BCUT2D eigenvalue weighted by Gasteiger charge is 2.24. The molecule has 118 valence electrons. The highest BCUT2D eigenvalue weighted by molar-refractivity contribution is 5.16. The number of piperazine rings is 1. The predicted octanol–water partition coefficient (Wildman–Crippen LogP) is 3.72. The van der Waals surface area contributed by atoms with Gasteiger partial charge in [0.1, 0.15) is 0 Å². The molecule has 1 N–H and O–H groups in total. The molecule has 1 aliphatic heterocycles. The number of benzene rings is 1. The topological polar surface area (TPSA) is 15.3 Å². The van der Waals surface area contributed by atoms with Crippen LogP contribution < -0.4 is 5.32 Å². The van der Waals surface area contributed by atoms with Gasteiger partial charge in [-0.1, -0.05) is 63.4 Å². The summed E-state index contributed by atoms with van der Waals surface area (Å²) < 4.78 is 0. The van der Waals surface area contributed by atoms with Gasteiger partial charge in [0.2, 0.25) is 0 Å². The Hall–Kier alpha value is -0.860. The fourth-order valence-corrected chi connectivity index (χ4v) is 3.38. The maximum absolute atomic E-state index is 3.58. The minimum absolute atomic E-state index is 0.664. The zero-order chi connectivity index (χ0) is 14.9. The molecular weight excluding hydrogens is 256 g/mol. The van der Waals surface area contributed by atoms with Crippen LogP contribution in [0.15, 0.2) is 30.3 Å². The van der Waals surface area contributed by atoms with Gasteiger partial charge in [-0.25, -0.2) is 0 Å². The first-order valence-electron chi connectivity index (χ1n) is 8.82. The number of unbranched alkanes of at least 4 members (excludes halogenated alkanes) is 1. The second kappa shape index (κ2) is 9.22. The van der Waals surface area contributed by atoms with Gasteiger partial charge in [-0.15, -0.1) is 0 Å². The third-order valence-corrected chi connectivity index (χ3v) is 4.82. The van der Waals surface area contributed by atoms with Gasteiger partial charge in [-0.05, 0) is 24.3 Å². The van der Waals surface area contributed by atoms with E-state index in [1.807, 2.05) is 0 Å². The van der Waals surface area contributed by atoms with E-state index in [9.17, 15) is 0 Å². The average molecular weight is 288 g/mol. The minimum atomic E-state index is 0.664. The van der Waals surface area contributed by atoms with Crippen LogP contribution in [0.3, 0.4) is 0 Å². The zero-order valence-electron chi connectivity index (χ0n) is 13.9. The number of nitrogens with one attached hydrogen (secondary N) is 1. The Morgan fingerprint density at radius 2 is 2.05 bits per heavy atom. The van der Waals surface area contributed by atoms with Crippen molar-refractivity contribution in [3.8, 4) is 0 Å². The number of nitrogens with zero attached hydrogens (tertiary/aromatic N) is 1. The summed E-state index contributed by atoms with van der Waals surface area (Å²) >= 11 is 0. The molecule has 2 unspecified atom stereocenters. The molecule has 0 amide bonds. The number of hydrogen-bond donors (Lipinski definition) is 1. The van der Waals surface area contributed by atoms with E-state index in [4.69, 9.17) is 0 Å². The Balaban J connectivity index is 1.91. The molecule has 1 heterocycles. The molecular formula is C19H32N2. The van der Waals surface area contributed by atoms with Crippen molar-refractivity contribution < 1.29 is 0 Å². The van der Waals surface area contributed by atoms with Gasteiger partial charge in [0.25, 0.3) is 0 Å². The lowest BCUT2D eigenvalue weighted by Crippen LogP contribution is -2.53. The van der Waals surface area contributed by atoms with Gasteiger partial charge < -0.3 is 5.32 Å². The molecule has 0 radical (unpaired) electrons. The molecule has 0 saturated carbocycles. The van der Waals surface area contributed by atoms with E-state index < -0.39 is 0 Å². The lowest BCUT2D eigenvalue weighted by atomic mass is 9.96. The van der Waals surface area contributed by atoms with Crippen molar-refractivity contribution in [2.75, 3.05) is 26.2 Å². The van der Waals surface area contributed by atoms with E-state index in [1.54, 1.807) is 0 Å². The maximum atomic E-state index is 3.58. The monoisotopic (exact) mass is 288 g/mol. The summed E-state index contributed by atoms with van der Waals surface area (Å²) in [6, 6.07) is 11.6. The molecule has 0 spiro atoms. The first-order valence-corrected chi connectivity index (χ1v) is 8.82. The van der Waals surface area contributed by atoms with Crippen molar-refractivity contribution in [2.45, 2.75) is 52.0 Å². The maximum Gasteiger partial charge on any atom is 0.0261 e. The average Bonchev–Trinajstić information content (AvgIpc) is 2.54. The molecule has 1 fully saturated rings. The normalized spacial score (nSPS) is 21.3. The highest BCUT2D eigenvalue weighted by atomic mass is 15.2. The lowest BCUT2D eigenvalue weighted by Gasteiger charge is -2.38. The SMILES string of the molecule is CCCCC(CC)CN1CCNCC1Cc1ccccc1. The summed E-state index contributed by atoms with van der Waals surface area (Å²) in [7, 11) is 0. The minimum Gasteiger partial charge on any atom is -0.314 e. The molecule has 1 aromatic carbocycles. The highest BCUT2D eigenvalue weighted by Crippen LogP contribution is 2.18. The second-order valence-corrected chi connectivity index (χ2v) is 6.46. The predicted molar refractivity (Wildman–Crippen MR) is 91.7 cm³/mol. The van der Waals surface area contributed by atoms with Gasteiger partial charge in [0, 0.05) is 32.2 Å². The van der Waals surface area contributed by atoms with Crippen LogP contribution in [0.5, 0.6) is 0 Å². The summed E-state index contributed by atoms with van der Waals surface area (Å²) in [4.78, 5) is 2.74. The summed E-state index contributed by atoms with van der Waals surface area (Å²) in [5.74, 6) is 0.876. The summed E-state index contributed by atoms with van der Waals surface area (Å²) in [6.07, 6.45) is 6.61. The Morgan fingerprint density at radius 3 is 2.76 bits per heavy atom. The fourth-order valence-electron chi connectivity index (χ4n) is 3.38. The van der Waals surface area contributed by atoms with Gasteiger partial charge in [0.15, 0.2) is 0 Å². The Kier molecular flexibility index (Phi) is 7.25.